The molecule has 0 saturated carbocycles. The van der Waals surface area contributed by atoms with Crippen molar-refractivity contribution < 1.29 is 9.47 Å². The Hall–Kier alpha value is -1.41. The van der Waals surface area contributed by atoms with E-state index in [2.05, 4.69) is 27.7 Å². The topological polar surface area (TPSA) is 18.5 Å². The smallest absolute Gasteiger partial charge is 0.145 e. The van der Waals surface area contributed by atoms with Crippen LogP contribution < -0.4 is 9.47 Å². The summed E-state index contributed by atoms with van der Waals surface area (Å²) in [6, 6.07) is 9.93. The van der Waals surface area contributed by atoms with Gasteiger partial charge in [-0.15, -0.1) is 0 Å². The fourth-order valence-corrected chi connectivity index (χ4v) is 2.31. The van der Waals surface area contributed by atoms with Crippen molar-refractivity contribution in [1.82, 2.24) is 0 Å². The van der Waals surface area contributed by atoms with Crippen LogP contribution in [0, 0.1) is 11.8 Å². The third kappa shape index (κ3) is 4.04. The zero-order chi connectivity index (χ0) is 15.4. The van der Waals surface area contributed by atoms with Crippen LogP contribution in [0.2, 0.25) is 5.02 Å². The van der Waals surface area contributed by atoms with Crippen molar-refractivity contribution in [2.24, 2.45) is 11.8 Å². The molecule has 0 amide bonds. The largest absolute Gasteiger partial charge is 0.493 e. The Bertz CT molecular complexity index is 605. The number of hydrogen-bond donors (Lipinski definition) is 0. The first-order valence-electron chi connectivity index (χ1n) is 7.46. The fraction of sp³-hybridized carbons (Fsp3) is 0.444. The molecule has 2 aromatic rings. The summed E-state index contributed by atoms with van der Waals surface area (Å²) in [7, 11) is 0. The highest BCUT2D eigenvalue weighted by molar-refractivity contribution is 6.33. The van der Waals surface area contributed by atoms with Crippen molar-refractivity contribution in [2.75, 3.05) is 13.2 Å². The van der Waals surface area contributed by atoms with Gasteiger partial charge in [0.15, 0.2) is 0 Å². The molecule has 0 unspecified atom stereocenters. The number of benzene rings is 2. The van der Waals surface area contributed by atoms with Gasteiger partial charge in [-0.1, -0.05) is 63.6 Å². The minimum absolute atomic E-state index is 0.455. The summed E-state index contributed by atoms with van der Waals surface area (Å²) >= 11 is 6.40. The van der Waals surface area contributed by atoms with Gasteiger partial charge in [0.25, 0.3) is 0 Å². The summed E-state index contributed by atoms with van der Waals surface area (Å²) in [5.74, 6) is 2.50. The Kier molecular flexibility index (Phi) is 5.35. The van der Waals surface area contributed by atoms with Gasteiger partial charge in [0, 0.05) is 16.8 Å². The minimum atomic E-state index is 0.455. The lowest BCUT2D eigenvalue weighted by Gasteiger charge is -2.17. The third-order valence-corrected chi connectivity index (χ3v) is 3.33. The van der Waals surface area contributed by atoms with Crippen LogP contribution in [-0.4, -0.2) is 13.2 Å². The highest BCUT2D eigenvalue weighted by Gasteiger charge is 2.13. The van der Waals surface area contributed by atoms with Crippen molar-refractivity contribution in [1.29, 1.82) is 0 Å². The molecular weight excluding hydrogens is 284 g/mol. The van der Waals surface area contributed by atoms with Crippen molar-refractivity contribution in [3.63, 3.8) is 0 Å². The predicted molar refractivity (Wildman–Crippen MR) is 89.6 cm³/mol. The highest BCUT2D eigenvalue weighted by atomic mass is 35.5. The Labute approximate surface area is 132 Å². The summed E-state index contributed by atoms with van der Waals surface area (Å²) in [5.41, 5.74) is 0. The van der Waals surface area contributed by atoms with Gasteiger partial charge in [-0.25, -0.2) is 0 Å². The van der Waals surface area contributed by atoms with E-state index in [1.54, 1.807) is 0 Å². The Morgan fingerprint density at radius 2 is 1.48 bits per heavy atom. The SMILES string of the molecule is CC(C)COc1cc(Cl)c(OCC(C)C)c2ccccc12. The average molecular weight is 307 g/mol. The molecule has 2 rings (SSSR count). The van der Waals surface area contributed by atoms with Gasteiger partial charge in [-0.2, -0.15) is 0 Å². The summed E-state index contributed by atoms with van der Waals surface area (Å²) < 4.78 is 11.8. The fourth-order valence-electron chi connectivity index (χ4n) is 2.06. The minimum Gasteiger partial charge on any atom is -0.493 e. The molecule has 0 radical (unpaired) electrons. The Balaban J connectivity index is 2.42. The third-order valence-electron chi connectivity index (χ3n) is 3.05. The first kappa shape index (κ1) is 16.0. The molecule has 0 atom stereocenters. The van der Waals surface area contributed by atoms with Crippen LogP contribution >= 0.6 is 11.6 Å². The van der Waals surface area contributed by atoms with Crippen LogP contribution in [0.25, 0.3) is 10.8 Å². The van der Waals surface area contributed by atoms with Crippen LogP contribution in [0.15, 0.2) is 30.3 Å². The van der Waals surface area contributed by atoms with Crippen LogP contribution in [0.5, 0.6) is 11.5 Å². The Morgan fingerprint density at radius 1 is 0.905 bits per heavy atom. The van der Waals surface area contributed by atoms with E-state index >= 15 is 0 Å². The first-order valence-corrected chi connectivity index (χ1v) is 7.83. The van der Waals surface area contributed by atoms with Crippen molar-refractivity contribution >= 4 is 22.4 Å². The molecule has 0 aliphatic heterocycles. The van der Waals surface area contributed by atoms with E-state index in [4.69, 9.17) is 21.1 Å². The monoisotopic (exact) mass is 306 g/mol. The molecule has 0 heterocycles. The summed E-state index contributed by atoms with van der Waals surface area (Å²) in [4.78, 5) is 0. The number of rotatable bonds is 6. The number of halogens is 1. The maximum Gasteiger partial charge on any atom is 0.145 e. The molecule has 114 valence electrons. The molecule has 0 saturated heterocycles. The average Bonchev–Trinajstić information content (AvgIpc) is 2.43. The van der Waals surface area contributed by atoms with Gasteiger partial charge in [-0.05, 0) is 11.8 Å². The zero-order valence-electron chi connectivity index (χ0n) is 13.2. The molecule has 0 aromatic heterocycles. The molecule has 2 aromatic carbocycles. The van der Waals surface area contributed by atoms with E-state index in [9.17, 15) is 0 Å². The van der Waals surface area contributed by atoms with Gasteiger partial charge in [0.1, 0.15) is 11.5 Å². The van der Waals surface area contributed by atoms with Crippen LogP contribution in [-0.2, 0) is 0 Å². The zero-order valence-corrected chi connectivity index (χ0v) is 13.9. The van der Waals surface area contributed by atoms with E-state index in [1.165, 1.54) is 0 Å². The summed E-state index contributed by atoms with van der Waals surface area (Å²) in [5, 5.41) is 2.65. The van der Waals surface area contributed by atoms with Crippen molar-refractivity contribution in [3.05, 3.63) is 35.4 Å². The van der Waals surface area contributed by atoms with E-state index in [0.29, 0.717) is 30.1 Å². The quantitative estimate of drug-likeness (QED) is 0.695. The van der Waals surface area contributed by atoms with Gasteiger partial charge in [0.2, 0.25) is 0 Å². The molecule has 21 heavy (non-hydrogen) atoms. The van der Waals surface area contributed by atoms with Gasteiger partial charge in [0.05, 0.1) is 18.2 Å². The summed E-state index contributed by atoms with van der Waals surface area (Å²) in [6.07, 6.45) is 0. The van der Waals surface area contributed by atoms with Gasteiger partial charge < -0.3 is 9.47 Å². The maximum atomic E-state index is 6.40. The highest BCUT2D eigenvalue weighted by Crippen LogP contribution is 2.39. The molecule has 2 nitrogen and oxygen atoms in total. The molecule has 0 spiro atoms. The first-order chi connectivity index (χ1) is 9.99. The number of fused-ring (bicyclic) bond motifs is 1. The predicted octanol–water partition coefficient (Wildman–Crippen LogP) is 5.56. The second-order valence-electron chi connectivity index (χ2n) is 6.14. The molecule has 0 fully saturated rings. The van der Waals surface area contributed by atoms with Gasteiger partial charge in [-0.3, -0.25) is 0 Å². The second kappa shape index (κ2) is 7.04. The maximum absolute atomic E-state index is 6.40. The molecule has 0 N–H and O–H groups in total. The lowest BCUT2D eigenvalue weighted by atomic mass is 10.1. The lowest BCUT2D eigenvalue weighted by Crippen LogP contribution is -2.07. The van der Waals surface area contributed by atoms with Crippen LogP contribution in [0.4, 0.5) is 0 Å². The van der Waals surface area contributed by atoms with Gasteiger partial charge >= 0.3 is 0 Å². The van der Waals surface area contributed by atoms with Crippen LogP contribution in [0.3, 0.4) is 0 Å². The normalized spacial score (nSPS) is 11.4. The van der Waals surface area contributed by atoms with E-state index in [0.717, 1.165) is 22.3 Å². The standard InChI is InChI=1S/C18H23ClO2/c1-12(2)10-20-17-9-16(19)18(21-11-13(3)4)15-8-6-5-7-14(15)17/h5-9,12-13H,10-11H2,1-4H3. The number of hydrogen-bond acceptors (Lipinski definition) is 2. The second-order valence-corrected chi connectivity index (χ2v) is 6.55. The molecular formula is C18H23ClO2. The van der Waals surface area contributed by atoms with E-state index in [-0.39, 0.29) is 0 Å². The summed E-state index contributed by atoms with van der Waals surface area (Å²) in [6.45, 7) is 9.82. The van der Waals surface area contributed by atoms with E-state index in [1.807, 2.05) is 30.3 Å². The number of ether oxygens (including phenoxy) is 2. The Morgan fingerprint density at radius 3 is 2.10 bits per heavy atom. The van der Waals surface area contributed by atoms with Crippen LogP contribution in [0.1, 0.15) is 27.7 Å². The van der Waals surface area contributed by atoms with E-state index < -0.39 is 0 Å². The van der Waals surface area contributed by atoms with Crippen molar-refractivity contribution in [3.8, 4) is 11.5 Å². The van der Waals surface area contributed by atoms with Crippen molar-refractivity contribution in [2.45, 2.75) is 27.7 Å². The molecule has 0 bridgehead atoms. The molecule has 0 aliphatic carbocycles. The lowest BCUT2D eigenvalue weighted by molar-refractivity contribution is 0.268. The molecule has 3 heteroatoms. The molecule has 0 aliphatic rings.